The maximum absolute atomic E-state index is 12.1. The number of methoxy groups -OCH3 is 1. The molecule has 5 heteroatoms. The highest BCUT2D eigenvalue weighted by Crippen LogP contribution is 2.23. The van der Waals surface area contributed by atoms with Crippen LogP contribution in [0.15, 0.2) is 29.1 Å². The Balaban J connectivity index is 2.41. The number of H-pyrrole nitrogens is 1. The van der Waals surface area contributed by atoms with E-state index in [1.54, 1.807) is 7.11 Å². The van der Waals surface area contributed by atoms with Crippen molar-refractivity contribution < 1.29 is 4.74 Å². The highest BCUT2D eigenvalue weighted by atomic mass is 127. The normalized spacial score (nSPS) is 11.5. The Morgan fingerprint density at radius 3 is 2.67 bits per heavy atom. The van der Waals surface area contributed by atoms with Crippen LogP contribution in [0.1, 0.15) is 37.9 Å². The molecule has 0 amide bonds. The smallest absolute Gasteiger partial charge is 0.264 e. The van der Waals surface area contributed by atoms with Crippen LogP contribution in [0.5, 0.6) is 5.75 Å². The van der Waals surface area contributed by atoms with E-state index in [2.05, 4.69) is 53.3 Å². The number of hydrogen-bond acceptors (Lipinski definition) is 3. The van der Waals surface area contributed by atoms with Crippen molar-refractivity contribution in [2.75, 3.05) is 7.11 Å². The fourth-order valence-electron chi connectivity index (χ4n) is 2.06. The first kappa shape index (κ1) is 16.0. The lowest BCUT2D eigenvalue weighted by molar-refractivity contribution is 0.414. The number of nitrogens with one attached hydrogen (secondary N) is 1. The largest absolute Gasteiger partial charge is 0.497 e. The van der Waals surface area contributed by atoms with Crippen molar-refractivity contribution in [3.05, 3.63) is 55.3 Å². The molecule has 2 aromatic rings. The predicted molar refractivity (Wildman–Crippen MR) is 92.1 cm³/mol. The summed E-state index contributed by atoms with van der Waals surface area (Å²) in [6.45, 7) is 6.19. The van der Waals surface area contributed by atoms with Gasteiger partial charge in [-0.15, -0.1) is 0 Å². The van der Waals surface area contributed by atoms with E-state index in [1.807, 2.05) is 24.3 Å². The number of benzene rings is 1. The van der Waals surface area contributed by atoms with Crippen LogP contribution >= 0.6 is 22.6 Å². The third-order valence-corrected chi connectivity index (χ3v) is 4.13. The van der Waals surface area contributed by atoms with Crippen LogP contribution in [0.3, 0.4) is 0 Å². The van der Waals surface area contributed by atoms with E-state index in [0.717, 1.165) is 17.0 Å². The van der Waals surface area contributed by atoms with Gasteiger partial charge >= 0.3 is 0 Å². The van der Waals surface area contributed by atoms with Crippen LogP contribution in [-0.2, 0) is 11.8 Å². The average molecular weight is 398 g/mol. The molecule has 0 radical (unpaired) electrons. The summed E-state index contributed by atoms with van der Waals surface area (Å²) in [4.78, 5) is 19.6. The van der Waals surface area contributed by atoms with Crippen LogP contribution in [0, 0.1) is 3.57 Å². The molecule has 0 aliphatic heterocycles. The number of aromatic amines is 1. The quantitative estimate of drug-likeness (QED) is 0.808. The minimum Gasteiger partial charge on any atom is -0.497 e. The van der Waals surface area contributed by atoms with Crippen LogP contribution in [-0.4, -0.2) is 17.1 Å². The van der Waals surface area contributed by atoms with Crippen LogP contribution in [0.25, 0.3) is 0 Å². The Morgan fingerprint density at radius 1 is 1.33 bits per heavy atom. The molecule has 2 rings (SSSR count). The van der Waals surface area contributed by atoms with E-state index >= 15 is 0 Å². The van der Waals surface area contributed by atoms with Crippen LogP contribution in [0.4, 0.5) is 0 Å². The molecule has 0 saturated carbocycles. The zero-order valence-corrected chi connectivity index (χ0v) is 14.8. The second-order valence-corrected chi connectivity index (χ2v) is 7.03. The van der Waals surface area contributed by atoms with Gasteiger partial charge in [-0.3, -0.25) is 4.79 Å². The minimum absolute atomic E-state index is 0.0755. The minimum atomic E-state index is -0.159. The molecular formula is C16H19IN2O2. The second-order valence-electron chi connectivity index (χ2n) is 5.95. The maximum atomic E-state index is 12.1. The zero-order valence-electron chi connectivity index (χ0n) is 12.7. The molecule has 0 aliphatic rings. The molecule has 1 aromatic heterocycles. The molecule has 0 saturated heterocycles. The third kappa shape index (κ3) is 3.84. The van der Waals surface area contributed by atoms with Gasteiger partial charge in [0.15, 0.2) is 0 Å². The van der Waals surface area contributed by atoms with Gasteiger partial charge in [-0.25, -0.2) is 4.98 Å². The van der Waals surface area contributed by atoms with Gasteiger partial charge in [0.1, 0.15) is 15.1 Å². The van der Waals surface area contributed by atoms with Gasteiger partial charge in [0.05, 0.1) is 12.8 Å². The van der Waals surface area contributed by atoms with Gasteiger partial charge in [0.2, 0.25) is 0 Å². The molecular weight excluding hydrogens is 379 g/mol. The Hall–Kier alpha value is -1.37. The molecule has 0 spiro atoms. The fraction of sp³-hybridized carbons (Fsp3) is 0.375. The monoisotopic (exact) mass is 398 g/mol. The summed E-state index contributed by atoms with van der Waals surface area (Å²) < 4.78 is 5.88. The fourth-order valence-corrected chi connectivity index (χ4v) is 3.13. The van der Waals surface area contributed by atoms with Gasteiger partial charge in [-0.1, -0.05) is 32.9 Å². The summed E-state index contributed by atoms with van der Waals surface area (Å²) >= 11 is 2.06. The van der Waals surface area contributed by atoms with E-state index in [0.29, 0.717) is 15.8 Å². The Kier molecular flexibility index (Phi) is 4.70. The Bertz CT molecular complexity index is 702. The molecule has 4 nitrogen and oxygen atoms in total. The number of rotatable bonds is 3. The lowest BCUT2D eigenvalue weighted by Crippen LogP contribution is -2.25. The Morgan fingerprint density at radius 2 is 2.05 bits per heavy atom. The van der Waals surface area contributed by atoms with Crippen molar-refractivity contribution in [2.24, 2.45) is 0 Å². The molecule has 0 aliphatic carbocycles. The van der Waals surface area contributed by atoms with Gasteiger partial charge in [0.25, 0.3) is 5.56 Å². The third-order valence-electron chi connectivity index (χ3n) is 3.13. The maximum Gasteiger partial charge on any atom is 0.264 e. The standard InChI is InChI=1S/C16H19IN2O2/c1-16(2,3)14-13(17)15(20)19-12(18-14)9-10-6-5-7-11(8-10)21-4/h5-8H,9H2,1-4H3,(H,18,19,20). The van der Waals surface area contributed by atoms with Gasteiger partial charge in [0, 0.05) is 11.8 Å². The molecule has 21 heavy (non-hydrogen) atoms. The number of aromatic nitrogens is 2. The van der Waals surface area contributed by atoms with E-state index < -0.39 is 0 Å². The number of hydrogen-bond donors (Lipinski definition) is 1. The lowest BCUT2D eigenvalue weighted by atomic mass is 9.92. The van der Waals surface area contributed by atoms with Crippen molar-refractivity contribution in [1.82, 2.24) is 9.97 Å². The number of halogens is 1. The summed E-state index contributed by atoms with van der Waals surface area (Å²) in [6, 6.07) is 7.78. The summed E-state index contributed by atoms with van der Waals surface area (Å²) in [7, 11) is 1.64. The van der Waals surface area contributed by atoms with Crippen molar-refractivity contribution in [1.29, 1.82) is 0 Å². The molecule has 0 atom stereocenters. The number of nitrogens with zero attached hydrogens (tertiary/aromatic N) is 1. The second kappa shape index (κ2) is 6.17. The highest BCUT2D eigenvalue weighted by molar-refractivity contribution is 14.1. The molecule has 112 valence electrons. The predicted octanol–water partition coefficient (Wildman–Crippen LogP) is 3.27. The SMILES string of the molecule is COc1cccc(Cc2nc(C(C)(C)C)c(I)c(=O)[nH]2)c1. The van der Waals surface area contributed by atoms with Gasteiger partial charge < -0.3 is 9.72 Å². The van der Waals surface area contributed by atoms with E-state index in [-0.39, 0.29) is 11.0 Å². The summed E-state index contributed by atoms with van der Waals surface area (Å²) in [5, 5.41) is 0. The molecule has 0 bridgehead atoms. The van der Waals surface area contributed by atoms with Crippen LogP contribution < -0.4 is 10.3 Å². The first-order chi connectivity index (χ1) is 9.81. The van der Waals surface area contributed by atoms with Crippen LogP contribution in [0.2, 0.25) is 0 Å². The zero-order chi connectivity index (χ0) is 15.6. The molecule has 0 fully saturated rings. The van der Waals surface area contributed by atoms with Crippen molar-refractivity contribution in [3.8, 4) is 5.75 Å². The summed E-state index contributed by atoms with van der Waals surface area (Å²) in [5.74, 6) is 1.48. The first-order valence-electron chi connectivity index (χ1n) is 6.73. The molecule has 0 unspecified atom stereocenters. The highest BCUT2D eigenvalue weighted by Gasteiger charge is 2.21. The summed E-state index contributed by atoms with van der Waals surface area (Å²) in [5.41, 5.74) is 1.66. The molecule has 1 N–H and O–H groups in total. The number of ether oxygens (including phenoxy) is 1. The Labute approximate surface area is 138 Å². The molecule has 1 aromatic carbocycles. The van der Waals surface area contributed by atoms with Crippen molar-refractivity contribution >= 4 is 22.6 Å². The van der Waals surface area contributed by atoms with E-state index in [9.17, 15) is 4.79 Å². The van der Waals surface area contributed by atoms with Gasteiger partial charge in [-0.05, 0) is 40.3 Å². The molecule has 1 heterocycles. The van der Waals surface area contributed by atoms with Crippen molar-refractivity contribution in [2.45, 2.75) is 32.6 Å². The van der Waals surface area contributed by atoms with E-state index in [1.165, 1.54) is 0 Å². The lowest BCUT2D eigenvalue weighted by Gasteiger charge is -2.19. The average Bonchev–Trinajstić information content (AvgIpc) is 2.41. The first-order valence-corrected chi connectivity index (χ1v) is 7.81. The van der Waals surface area contributed by atoms with E-state index in [4.69, 9.17) is 4.74 Å². The topological polar surface area (TPSA) is 55.0 Å². The van der Waals surface area contributed by atoms with Crippen molar-refractivity contribution in [3.63, 3.8) is 0 Å². The summed E-state index contributed by atoms with van der Waals surface area (Å²) in [6.07, 6.45) is 0.576. The van der Waals surface area contributed by atoms with Gasteiger partial charge in [-0.2, -0.15) is 0 Å².